The van der Waals surface area contributed by atoms with E-state index in [1.54, 1.807) is 17.4 Å². The average molecular weight is 212 g/mol. The third-order valence-electron chi connectivity index (χ3n) is 1.72. The Balaban J connectivity index is 2.46. The molecule has 13 heavy (non-hydrogen) atoms. The summed E-state index contributed by atoms with van der Waals surface area (Å²) in [5, 5.41) is 22.0. The first-order valence-corrected chi connectivity index (χ1v) is 5.52. The SMILES string of the molecule is OC(O)c1ccsc1-c1cccs1. The molecule has 2 nitrogen and oxygen atoms in total. The Labute approximate surface area is 83.7 Å². The quantitative estimate of drug-likeness (QED) is 0.751. The maximum absolute atomic E-state index is 9.06. The van der Waals surface area contributed by atoms with E-state index < -0.39 is 6.29 Å². The minimum atomic E-state index is -1.37. The molecule has 0 aliphatic carbocycles. The van der Waals surface area contributed by atoms with Crippen molar-refractivity contribution in [1.82, 2.24) is 0 Å². The van der Waals surface area contributed by atoms with Crippen LogP contribution in [0.1, 0.15) is 11.9 Å². The first-order chi connectivity index (χ1) is 6.29. The van der Waals surface area contributed by atoms with Crippen molar-refractivity contribution in [2.75, 3.05) is 0 Å². The van der Waals surface area contributed by atoms with E-state index in [9.17, 15) is 0 Å². The third-order valence-corrected chi connectivity index (χ3v) is 3.70. The van der Waals surface area contributed by atoms with Crippen LogP contribution in [0.5, 0.6) is 0 Å². The van der Waals surface area contributed by atoms with Crippen LogP contribution < -0.4 is 0 Å². The summed E-state index contributed by atoms with van der Waals surface area (Å²) in [6.07, 6.45) is -1.37. The molecule has 0 atom stereocenters. The lowest BCUT2D eigenvalue weighted by molar-refractivity contribution is -0.0417. The lowest BCUT2D eigenvalue weighted by Crippen LogP contribution is -1.93. The van der Waals surface area contributed by atoms with Gasteiger partial charge in [0.25, 0.3) is 0 Å². The number of aliphatic hydroxyl groups is 2. The zero-order valence-electron chi connectivity index (χ0n) is 6.68. The first-order valence-electron chi connectivity index (χ1n) is 3.76. The van der Waals surface area contributed by atoms with Gasteiger partial charge in [0.1, 0.15) is 0 Å². The molecule has 0 bridgehead atoms. The van der Waals surface area contributed by atoms with Gasteiger partial charge in [0, 0.05) is 10.4 Å². The molecule has 2 heterocycles. The summed E-state index contributed by atoms with van der Waals surface area (Å²) < 4.78 is 0. The average Bonchev–Trinajstić information content (AvgIpc) is 2.74. The van der Waals surface area contributed by atoms with Crippen LogP contribution in [-0.4, -0.2) is 10.2 Å². The molecule has 0 spiro atoms. The van der Waals surface area contributed by atoms with Gasteiger partial charge >= 0.3 is 0 Å². The number of hydrogen-bond acceptors (Lipinski definition) is 4. The molecule has 0 amide bonds. The lowest BCUT2D eigenvalue weighted by Gasteiger charge is -2.02. The molecule has 2 N–H and O–H groups in total. The van der Waals surface area contributed by atoms with Crippen LogP contribution in [0.2, 0.25) is 0 Å². The highest BCUT2D eigenvalue weighted by molar-refractivity contribution is 7.20. The van der Waals surface area contributed by atoms with Gasteiger partial charge in [-0.1, -0.05) is 6.07 Å². The maximum Gasteiger partial charge on any atom is 0.179 e. The van der Waals surface area contributed by atoms with E-state index in [2.05, 4.69) is 0 Å². The van der Waals surface area contributed by atoms with E-state index in [0.29, 0.717) is 5.56 Å². The second-order valence-corrected chi connectivity index (χ2v) is 4.42. The molecule has 0 aliphatic rings. The molecule has 2 aromatic heterocycles. The van der Waals surface area contributed by atoms with Gasteiger partial charge in [0.05, 0.1) is 4.88 Å². The fourth-order valence-electron chi connectivity index (χ4n) is 1.13. The highest BCUT2D eigenvalue weighted by atomic mass is 32.1. The Morgan fingerprint density at radius 2 is 1.92 bits per heavy atom. The molecule has 2 aromatic rings. The summed E-state index contributed by atoms with van der Waals surface area (Å²) in [4.78, 5) is 2.03. The summed E-state index contributed by atoms with van der Waals surface area (Å²) in [6.45, 7) is 0. The number of thiophene rings is 2. The van der Waals surface area contributed by atoms with Crippen molar-refractivity contribution in [3.63, 3.8) is 0 Å². The van der Waals surface area contributed by atoms with Crippen LogP contribution in [0, 0.1) is 0 Å². The monoisotopic (exact) mass is 212 g/mol. The smallest absolute Gasteiger partial charge is 0.179 e. The largest absolute Gasteiger partial charge is 0.364 e. The maximum atomic E-state index is 9.06. The van der Waals surface area contributed by atoms with E-state index in [0.717, 1.165) is 9.75 Å². The molecule has 0 unspecified atom stereocenters. The second-order valence-electron chi connectivity index (χ2n) is 2.56. The topological polar surface area (TPSA) is 40.5 Å². The minimum Gasteiger partial charge on any atom is -0.364 e. The van der Waals surface area contributed by atoms with Crippen molar-refractivity contribution in [3.05, 3.63) is 34.5 Å². The van der Waals surface area contributed by atoms with E-state index in [4.69, 9.17) is 10.2 Å². The fourth-order valence-corrected chi connectivity index (χ4v) is 2.95. The minimum absolute atomic E-state index is 0.590. The normalized spacial score (nSPS) is 11.0. The number of hydrogen-bond donors (Lipinski definition) is 2. The van der Waals surface area contributed by atoms with E-state index in [1.807, 2.05) is 22.9 Å². The Bertz CT molecular complexity index is 376. The first kappa shape index (κ1) is 8.90. The van der Waals surface area contributed by atoms with Crippen molar-refractivity contribution < 1.29 is 10.2 Å². The molecular formula is C9H8O2S2. The molecule has 0 saturated heterocycles. The molecule has 0 radical (unpaired) electrons. The van der Waals surface area contributed by atoms with Crippen LogP contribution in [0.15, 0.2) is 29.0 Å². The number of aliphatic hydroxyl groups excluding tert-OH is 1. The van der Waals surface area contributed by atoms with Crippen LogP contribution in [0.4, 0.5) is 0 Å². The van der Waals surface area contributed by atoms with Gasteiger partial charge < -0.3 is 10.2 Å². The van der Waals surface area contributed by atoms with Crippen molar-refractivity contribution in [1.29, 1.82) is 0 Å². The van der Waals surface area contributed by atoms with Crippen LogP contribution >= 0.6 is 22.7 Å². The zero-order chi connectivity index (χ0) is 9.26. The molecule has 0 aliphatic heterocycles. The molecule has 2 rings (SSSR count). The highest BCUT2D eigenvalue weighted by Gasteiger charge is 2.12. The predicted molar refractivity (Wildman–Crippen MR) is 54.8 cm³/mol. The molecule has 4 heteroatoms. The predicted octanol–water partition coefficient (Wildman–Crippen LogP) is 2.46. The molecular weight excluding hydrogens is 204 g/mol. The summed E-state index contributed by atoms with van der Waals surface area (Å²) in [6, 6.07) is 5.67. The van der Waals surface area contributed by atoms with E-state index in [1.165, 1.54) is 11.3 Å². The van der Waals surface area contributed by atoms with E-state index >= 15 is 0 Å². The van der Waals surface area contributed by atoms with Crippen molar-refractivity contribution in [2.24, 2.45) is 0 Å². The van der Waals surface area contributed by atoms with Crippen molar-refractivity contribution >= 4 is 22.7 Å². The summed E-state index contributed by atoms with van der Waals surface area (Å²) >= 11 is 3.13. The Kier molecular flexibility index (Phi) is 2.46. The van der Waals surface area contributed by atoms with Crippen LogP contribution in [0.25, 0.3) is 9.75 Å². The lowest BCUT2D eigenvalue weighted by atomic mass is 10.2. The zero-order valence-corrected chi connectivity index (χ0v) is 8.31. The third kappa shape index (κ3) is 1.66. The summed E-state index contributed by atoms with van der Waals surface area (Å²) in [5.74, 6) is 0. The summed E-state index contributed by atoms with van der Waals surface area (Å²) in [7, 11) is 0. The Morgan fingerprint density at radius 3 is 2.54 bits per heavy atom. The Morgan fingerprint density at radius 1 is 1.08 bits per heavy atom. The van der Waals surface area contributed by atoms with Gasteiger partial charge in [-0.2, -0.15) is 0 Å². The van der Waals surface area contributed by atoms with Gasteiger partial charge in [-0.25, -0.2) is 0 Å². The molecule has 0 aromatic carbocycles. The van der Waals surface area contributed by atoms with Crippen molar-refractivity contribution in [3.8, 4) is 9.75 Å². The van der Waals surface area contributed by atoms with E-state index in [-0.39, 0.29) is 0 Å². The standard InChI is InChI=1S/C9H8O2S2/c10-9(11)6-3-5-13-8(6)7-2-1-4-12-7/h1-5,9-11H. The van der Waals surface area contributed by atoms with Gasteiger partial charge in [0.2, 0.25) is 0 Å². The second kappa shape index (κ2) is 3.59. The van der Waals surface area contributed by atoms with Crippen LogP contribution in [-0.2, 0) is 0 Å². The van der Waals surface area contributed by atoms with Crippen LogP contribution in [0.3, 0.4) is 0 Å². The summed E-state index contributed by atoms with van der Waals surface area (Å²) in [5.41, 5.74) is 0.590. The van der Waals surface area contributed by atoms with Gasteiger partial charge in [0.15, 0.2) is 6.29 Å². The van der Waals surface area contributed by atoms with Gasteiger partial charge in [-0.3, -0.25) is 0 Å². The van der Waals surface area contributed by atoms with Crippen molar-refractivity contribution in [2.45, 2.75) is 6.29 Å². The van der Waals surface area contributed by atoms with Gasteiger partial charge in [-0.05, 0) is 22.9 Å². The molecule has 0 saturated carbocycles. The Hall–Kier alpha value is -0.680. The highest BCUT2D eigenvalue weighted by Crippen LogP contribution is 2.35. The fraction of sp³-hybridized carbons (Fsp3) is 0.111. The number of rotatable bonds is 2. The molecule has 0 fully saturated rings. The molecule has 68 valence electrons. The van der Waals surface area contributed by atoms with Gasteiger partial charge in [-0.15, -0.1) is 22.7 Å².